The topological polar surface area (TPSA) is 56.2 Å². The minimum Gasteiger partial charge on any atom is -0.495 e. The molecule has 5 nitrogen and oxygen atoms in total. The maximum atomic E-state index is 12.6. The Hall–Kier alpha value is -3.22. The second-order valence-electron chi connectivity index (χ2n) is 7.16. The fourth-order valence-electron chi connectivity index (χ4n) is 3.20. The van der Waals surface area contributed by atoms with E-state index in [1.54, 1.807) is 13.2 Å². The number of thioether (sulfide) groups is 1. The fourth-order valence-corrected chi connectivity index (χ4v) is 4.15. The van der Waals surface area contributed by atoms with Crippen LogP contribution >= 0.6 is 23.4 Å². The highest BCUT2D eigenvalue weighted by Crippen LogP contribution is 2.33. The first kappa shape index (κ1) is 22.0. The van der Waals surface area contributed by atoms with E-state index >= 15 is 0 Å². The molecule has 0 atom stereocenters. The van der Waals surface area contributed by atoms with Crippen molar-refractivity contribution in [1.82, 2.24) is 9.55 Å². The minimum absolute atomic E-state index is 0.104. The third-order valence-electron chi connectivity index (χ3n) is 4.81. The Balaban J connectivity index is 1.63. The van der Waals surface area contributed by atoms with Gasteiger partial charge in [-0.2, -0.15) is 0 Å². The minimum atomic E-state index is -0.104. The van der Waals surface area contributed by atoms with Gasteiger partial charge in [-0.1, -0.05) is 71.4 Å². The van der Waals surface area contributed by atoms with Crippen molar-refractivity contribution in [2.24, 2.45) is 0 Å². The van der Waals surface area contributed by atoms with Gasteiger partial charge in [0.1, 0.15) is 5.75 Å². The molecule has 32 heavy (non-hydrogen) atoms. The van der Waals surface area contributed by atoms with E-state index < -0.39 is 0 Å². The first-order valence-electron chi connectivity index (χ1n) is 10.0. The van der Waals surface area contributed by atoms with Crippen LogP contribution in [0.2, 0.25) is 5.02 Å². The van der Waals surface area contributed by atoms with Crippen LogP contribution in [-0.2, 0) is 4.79 Å². The number of aromatic nitrogens is 2. The molecule has 7 heteroatoms. The van der Waals surface area contributed by atoms with Crippen molar-refractivity contribution in [2.75, 3.05) is 18.2 Å². The summed E-state index contributed by atoms with van der Waals surface area (Å²) in [5.74, 6) is 0.771. The molecule has 1 heterocycles. The zero-order valence-electron chi connectivity index (χ0n) is 17.7. The summed E-state index contributed by atoms with van der Waals surface area (Å²) in [6.45, 7) is 2.01. The Kier molecular flexibility index (Phi) is 6.83. The van der Waals surface area contributed by atoms with Crippen molar-refractivity contribution in [3.63, 3.8) is 0 Å². The molecule has 1 amide bonds. The van der Waals surface area contributed by atoms with E-state index in [1.165, 1.54) is 11.8 Å². The molecule has 0 aliphatic carbocycles. The van der Waals surface area contributed by atoms with Crippen LogP contribution in [0.5, 0.6) is 5.75 Å². The first-order valence-corrected chi connectivity index (χ1v) is 11.4. The molecular weight excluding hydrogens is 442 g/mol. The summed E-state index contributed by atoms with van der Waals surface area (Å²) in [6, 6.07) is 23.0. The lowest BCUT2D eigenvalue weighted by Crippen LogP contribution is -2.14. The Bertz CT molecular complexity index is 1220. The summed E-state index contributed by atoms with van der Waals surface area (Å²) >= 11 is 7.62. The standard InChI is InChI=1S/C25H22ClN3O2S/c1-17-8-11-20(12-9-17)27-24(30)16-32-25-28-21(18-6-4-3-5-7-18)15-29(25)22-14-19(26)10-13-23(22)31-2/h3-15H,16H2,1-2H3,(H,27,30). The van der Waals surface area contributed by atoms with Crippen molar-refractivity contribution >= 4 is 35.0 Å². The van der Waals surface area contributed by atoms with Crippen molar-refractivity contribution in [2.45, 2.75) is 12.1 Å². The quantitative estimate of drug-likeness (QED) is 0.329. The van der Waals surface area contributed by atoms with Crippen LogP contribution in [0.15, 0.2) is 84.1 Å². The molecule has 1 aromatic heterocycles. The van der Waals surface area contributed by atoms with Crippen LogP contribution in [0, 0.1) is 6.92 Å². The van der Waals surface area contributed by atoms with Crippen molar-refractivity contribution < 1.29 is 9.53 Å². The number of amides is 1. The number of aryl methyl sites for hydroxylation is 1. The summed E-state index contributed by atoms with van der Waals surface area (Å²) < 4.78 is 7.46. The van der Waals surface area contributed by atoms with Gasteiger partial charge in [-0.25, -0.2) is 4.98 Å². The molecule has 0 unspecified atom stereocenters. The number of hydrogen-bond donors (Lipinski definition) is 1. The van der Waals surface area contributed by atoms with Gasteiger partial charge < -0.3 is 10.1 Å². The van der Waals surface area contributed by atoms with Gasteiger partial charge in [-0.05, 0) is 37.3 Å². The first-order chi connectivity index (χ1) is 15.5. The van der Waals surface area contributed by atoms with Crippen molar-refractivity contribution in [3.8, 4) is 22.7 Å². The highest BCUT2D eigenvalue weighted by atomic mass is 35.5. The van der Waals surface area contributed by atoms with E-state index in [-0.39, 0.29) is 11.7 Å². The van der Waals surface area contributed by atoms with Gasteiger partial charge in [0.15, 0.2) is 5.16 Å². The van der Waals surface area contributed by atoms with Crippen LogP contribution < -0.4 is 10.1 Å². The largest absolute Gasteiger partial charge is 0.495 e. The molecule has 0 fully saturated rings. The summed E-state index contributed by atoms with van der Waals surface area (Å²) in [7, 11) is 1.61. The van der Waals surface area contributed by atoms with Gasteiger partial charge in [-0.3, -0.25) is 9.36 Å². The lowest BCUT2D eigenvalue weighted by Gasteiger charge is -2.12. The summed E-state index contributed by atoms with van der Waals surface area (Å²) in [5, 5.41) is 4.18. The Morgan fingerprint density at radius 3 is 2.56 bits per heavy atom. The zero-order chi connectivity index (χ0) is 22.5. The molecule has 3 aromatic carbocycles. The van der Waals surface area contributed by atoms with E-state index in [4.69, 9.17) is 21.3 Å². The summed E-state index contributed by atoms with van der Waals surface area (Å²) in [6.07, 6.45) is 1.93. The highest BCUT2D eigenvalue weighted by Gasteiger charge is 2.17. The van der Waals surface area contributed by atoms with Gasteiger partial charge in [-0.15, -0.1) is 0 Å². The van der Waals surface area contributed by atoms with Gasteiger partial charge in [0, 0.05) is 22.5 Å². The van der Waals surface area contributed by atoms with Crippen LogP contribution in [0.3, 0.4) is 0 Å². The predicted molar refractivity (Wildman–Crippen MR) is 131 cm³/mol. The van der Waals surface area contributed by atoms with Gasteiger partial charge >= 0.3 is 0 Å². The number of benzene rings is 3. The molecule has 0 radical (unpaired) electrons. The number of ether oxygens (including phenoxy) is 1. The fraction of sp³-hybridized carbons (Fsp3) is 0.120. The molecule has 0 saturated heterocycles. The number of halogens is 1. The Morgan fingerprint density at radius 2 is 1.84 bits per heavy atom. The summed E-state index contributed by atoms with van der Waals surface area (Å²) in [5.41, 5.74) is 4.46. The van der Waals surface area contributed by atoms with E-state index in [1.807, 2.05) is 84.4 Å². The molecule has 0 saturated carbocycles. The van der Waals surface area contributed by atoms with E-state index in [2.05, 4.69) is 5.32 Å². The maximum absolute atomic E-state index is 12.6. The zero-order valence-corrected chi connectivity index (χ0v) is 19.3. The molecule has 162 valence electrons. The lowest BCUT2D eigenvalue weighted by molar-refractivity contribution is -0.113. The molecule has 0 aliphatic heterocycles. The molecule has 0 bridgehead atoms. The van der Waals surface area contributed by atoms with Crippen LogP contribution in [0.25, 0.3) is 16.9 Å². The lowest BCUT2D eigenvalue weighted by atomic mass is 10.2. The van der Waals surface area contributed by atoms with Crippen molar-refractivity contribution in [3.05, 3.63) is 89.6 Å². The normalized spacial score (nSPS) is 10.7. The molecule has 4 rings (SSSR count). The number of rotatable bonds is 7. The Labute approximate surface area is 196 Å². The Morgan fingerprint density at radius 1 is 1.09 bits per heavy atom. The molecule has 4 aromatic rings. The third kappa shape index (κ3) is 5.15. The number of nitrogens with one attached hydrogen (secondary N) is 1. The number of carbonyl (C=O) groups is 1. The second kappa shape index (κ2) is 9.94. The average molecular weight is 464 g/mol. The van der Waals surface area contributed by atoms with E-state index in [0.29, 0.717) is 15.9 Å². The molecule has 1 N–H and O–H groups in total. The van der Waals surface area contributed by atoms with Crippen LogP contribution in [0.1, 0.15) is 5.56 Å². The van der Waals surface area contributed by atoms with Gasteiger partial charge in [0.2, 0.25) is 5.91 Å². The number of imidazole rings is 1. The number of methoxy groups -OCH3 is 1. The van der Waals surface area contributed by atoms with Crippen LogP contribution in [-0.4, -0.2) is 28.3 Å². The monoisotopic (exact) mass is 463 g/mol. The van der Waals surface area contributed by atoms with E-state index in [9.17, 15) is 4.79 Å². The summed E-state index contributed by atoms with van der Waals surface area (Å²) in [4.78, 5) is 17.4. The van der Waals surface area contributed by atoms with Crippen LogP contribution in [0.4, 0.5) is 5.69 Å². The smallest absolute Gasteiger partial charge is 0.234 e. The van der Waals surface area contributed by atoms with Gasteiger partial charge in [0.25, 0.3) is 0 Å². The second-order valence-corrected chi connectivity index (χ2v) is 8.54. The third-order valence-corrected chi connectivity index (χ3v) is 6.00. The number of hydrogen-bond acceptors (Lipinski definition) is 4. The SMILES string of the molecule is COc1ccc(Cl)cc1-n1cc(-c2ccccc2)nc1SCC(=O)Nc1ccc(C)cc1. The maximum Gasteiger partial charge on any atom is 0.234 e. The molecule has 0 aliphatic rings. The van der Waals surface area contributed by atoms with Gasteiger partial charge in [0.05, 0.1) is 24.2 Å². The number of nitrogens with zero attached hydrogens (tertiary/aromatic N) is 2. The van der Waals surface area contributed by atoms with Crippen molar-refractivity contribution in [1.29, 1.82) is 0 Å². The van der Waals surface area contributed by atoms with E-state index in [0.717, 1.165) is 28.2 Å². The number of carbonyl (C=O) groups excluding carboxylic acids is 1. The highest BCUT2D eigenvalue weighted by molar-refractivity contribution is 7.99. The molecular formula is C25H22ClN3O2S. The molecule has 0 spiro atoms. The number of anilines is 1. The average Bonchev–Trinajstić information content (AvgIpc) is 3.24. The predicted octanol–water partition coefficient (Wildman–Crippen LogP) is 6.24.